The normalized spacial score (nSPS) is 11.3. The lowest BCUT2D eigenvalue weighted by Crippen LogP contribution is -2.03. The van der Waals surface area contributed by atoms with Crippen molar-refractivity contribution >= 4 is 27.4 Å². The molecule has 0 aliphatic carbocycles. The van der Waals surface area contributed by atoms with Gasteiger partial charge in [-0.15, -0.1) is 11.8 Å². The van der Waals surface area contributed by atoms with Gasteiger partial charge in [0.05, 0.1) is 10.6 Å². The molecule has 0 spiro atoms. The molecule has 0 N–H and O–H groups in total. The minimum atomic E-state index is -3.26. The second-order valence-electron chi connectivity index (χ2n) is 4.46. The molecule has 0 amide bonds. The number of Topliss-reactive ketones (excluding diaryl/α,β-unsaturated/α-hetero) is 1. The topological polar surface area (TPSA) is 51.2 Å². The Balaban J connectivity index is 2.02. The van der Waals surface area contributed by atoms with Crippen LogP contribution in [0.2, 0.25) is 0 Å². The van der Waals surface area contributed by atoms with Crippen LogP contribution < -0.4 is 0 Å². The Labute approximate surface area is 127 Å². The van der Waals surface area contributed by atoms with Gasteiger partial charge in [-0.1, -0.05) is 12.1 Å². The van der Waals surface area contributed by atoms with E-state index in [0.717, 1.165) is 11.2 Å². The monoisotopic (exact) mass is 324 g/mol. The first-order valence-electron chi connectivity index (χ1n) is 6.08. The second kappa shape index (κ2) is 6.41. The van der Waals surface area contributed by atoms with Gasteiger partial charge in [0.25, 0.3) is 0 Å². The predicted octanol–water partition coefficient (Wildman–Crippen LogP) is 3.20. The van der Waals surface area contributed by atoms with E-state index in [-0.39, 0.29) is 22.2 Å². The molecule has 0 aliphatic rings. The van der Waals surface area contributed by atoms with Crippen molar-refractivity contribution in [3.63, 3.8) is 0 Å². The standard InChI is InChI=1S/C15H13FO3S2/c1-21(18,19)14-8-2-11(3-9-14)15(17)10-20-13-6-4-12(16)5-7-13/h2-9H,10H2,1H3. The number of carbonyl (C=O) groups excluding carboxylic acids is 1. The Kier molecular flexibility index (Phi) is 4.80. The summed E-state index contributed by atoms with van der Waals surface area (Å²) < 4.78 is 35.4. The SMILES string of the molecule is CS(=O)(=O)c1ccc(C(=O)CSc2ccc(F)cc2)cc1. The van der Waals surface area contributed by atoms with Crippen molar-refractivity contribution in [2.45, 2.75) is 9.79 Å². The fraction of sp³-hybridized carbons (Fsp3) is 0.133. The van der Waals surface area contributed by atoms with E-state index in [1.54, 1.807) is 12.1 Å². The molecule has 0 unspecified atom stereocenters. The van der Waals surface area contributed by atoms with Gasteiger partial charge in [-0.2, -0.15) is 0 Å². The number of rotatable bonds is 5. The van der Waals surface area contributed by atoms with Crippen molar-refractivity contribution in [2.75, 3.05) is 12.0 Å². The molecule has 2 aromatic carbocycles. The number of thioether (sulfide) groups is 1. The minimum absolute atomic E-state index is 0.107. The number of ketones is 1. The average Bonchev–Trinajstić information content (AvgIpc) is 2.45. The highest BCUT2D eigenvalue weighted by atomic mass is 32.2. The first-order valence-corrected chi connectivity index (χ1v) is 8.95. The highest BCUT2D eigenvalue weighted by Crippen LogP contribution is 2.20. The van der Waals surface area contributed by atoms with Crippen molar-refractivity contribution in [3.8, 4) is 0 Å². The fourth-order valence-electron chi connectivity index (χ4n) is 1.65. The van der Waals surface area contributed by atoms with E-state index in [0.29, 0.717) is 5.56 Å². The molecule has 6 heteroatoms. The summed E-state index contributed by atoms with van der Waals surface area (Å²) in [4.78, 5) is 13.0. The van der Waals surface area contributed by atoms with Gasteiger partial charge >= 0.3 is 0 Å². The summed E-state index contributed by atoms with van der Waals surface area (Å²) in [6.45, 7) is 0. The van der Waals surface area contributed by atoms with Crippen LogP contribution in [0.25, 0.3) is 0 Å². The van der Waals surface area contributed by atoms with Crippen molar-refractivity contribution in [2.24, 2.45) is 0 Å². The van der Waals surface area contributed by atoms with E-state index < -0.39 is 9.84 Å². The van der Waals surface area contributed by atoms with E-state index in [2.05, 4.69) is 0 Å². The van der Waals surface area contributed by atoms with E-state index >= 15 is 0 Å². The first-order chi connectivity index (χ1) is 9.86. The number of hydrogen-bond donors (Lipinski definition) is 0. The van der Waals surface area contributed by atoms with Crippen LogP contribution in [0.1, 0.15) is 10.4 Å². The lowest BCUT2D eigenvalue weighted by molar-refractivity contribution is 0.102. The van der Waals surface area contributed by atoms with Gasteiger partial charge in [0.1, 0.15) is 5.82 Å². The van der Waals surface area contributed by atoms with Gasteiger partial charge in [-0.05, 0) is 36.4 Å². The molecule has 2 rings (SSSR count). The van der Waals surface area contributed by atoms with Crippen molar-refractivity contribution in [3.05, 3.63) is 59.9 Å². The van der Waals surface area contributed by atoms with E-state index in [9.17, 15) is 17.6 Å². The number of halogens is 1. The molecule has 110 valence electrons. The second-order valence-corrected chi connectivity index (χ2v) is 7.53. The van der Waals surface area contributed by atoms with Gasteiger partial charge in [-0.3, -0.25) is 4.79 Å². The molecule has 21 heavy (non-hydrogen) atoms. The Morgan fingerprint density at radius 3 is 2.14 bits per heavy atom. The largest absolute Gasteiger partial charge is 0.293 e. The average molecular weight is 324 g/mol. The number of carbonyl (C=O) groups is 1. The molecule has 0 atom stereocenters. The Bertz CT molecular complexity index is 735. The highest BCUT2D eigenvalue weighted by molar-refractivity contribution is 8.00. The van der Waals surface area contributed by atoms with E-state index in [1.165, 1.54) is 48.2 Å². The van der Waals surface area contributed by atoms with Gasteiger partial charge < -0.3 is 0 Å². The summed E-state index contributed by atoms with van der Waals surface area (Å²) >= 11 is 1.31. The molecule has 0 aromatic heterocycles. The molecule has 0 aliphatic heterocycles. The van der Waals surface area contributed by atoms with Crippen LogP contribution in [0.3, 0.4) is 0 Å². The van der Waals surface area contributed by atoms with Crippen molar-refractivity contribution in [1.29, 1.82) is 0 Å². The minimum Gasteiger partial charge on any atom is -0.293 e. The molecule has 0 heterocycles. The molecular formula is C15H13FO3S2. The summed E-state index contributed by atoms with van der Waals surface area (Å²) in [5, 5.41) is 0. The summed E-state index contributed by atoms with van der Waals surface area (Å²) in [5.74, 6) is -0.212. The summed E-state index contributed by atoms with van der Waals surface area (Å²) in [7, 11) is -3.26. The van der Waals surface area contributed by atoms with Crippen molar-refractivity contribution < 1.29 is 17.6 Å². The molecule has 0 saturated heterocycles. The van der Waals surface area contributed by atoms with Crippen LogP contribution in [0.5, 0.6) is 0 Å². The third-order valence-corrected chi connectivity index (χ3v) is 4.93. The molecule has 0 fully saturated rings. The maximum absolute atomic E-state index is 12.8. The third-order valence-electron chi connectivity index (χ3n) is 2.79. The number of benzene rings is 2. The van der Waals surface area contributed by atoms with E-state index in [4.69, 9.17) is 0 Å². The van der Waals surface area contributed by atoms with Crippen LogP contribution in [0, 0.1) is 5.82 Å². The van der Waals surface area contributed by atoms with Gasteiger partial charge in [0.15, 0.2) is 15.6 Å². The molecular weight excluding hydrogens is 311 g/mol. The van der Waals surface area contributed by atoms with Crippen LogP contribution in [0.15, 0.2) is 58.3 Å². The molecule has 0 radical (unpaired) electrons. The van der Waals surface area contributed by atoms with Gasteiger partial charge in [-0.25, -0.2) is 12.8 Å². The predicted molar refractivity (Wildman–Crippen MR) is 81.0 cm³/mol. The highest BCUT2D eigenvalue weighted by Gasteiger charge is 2.10. The maximum atomic E-state index is 12.8. The zero-order valence-electron chi connectivity index (χ0n) is 11.2. The maximum Gasteiger partial charge on any atom is 0.175 e. The Hall–Kier alpha value is -1.66. The van der Waals surface area contributed by atoms with Crippen LogP contribution >= 0.6 is 11.8 Å². The molecule has 0 bridgehead atoms. The Morgan fingerprint density at radius 1 is 1.05 bits per heavy atom. The molecule has 2 aromatic rings. The quantitative estimate of drug-likeness (QED) is 0.626. The molecule has 3 nitrogen and oxygen atoms in total. The zero-order chi connectivity index (χ0) is 15.5. The van der Waals surface area contributed by atoms with Crippen LogP contribution in [0.4, 0.5) is 4.39 Å². The third kappa shape index (κ3) is 4.41. The van der Waals surface area contributed by atoms with Crippen LogP contribution in [-0.2, 0) is 9.84 Å². The first kappa shape index (κ1) is 15.7. The number of sulfone groups is 1. The molecule has 0 saturated carbocycles. The van der Waals surface area contributed by atoms with Crippen LogP contribution in [-0.4, -0.2) is 26.2 Å². The van der Waals surface area contributed by atoms with Gasteiger partial charge in [0.2, 0.25) is 0 Å². The zero-order valence-corrected chi connectivity index (χ0v) is 12.9. The lowest BCUT2D eigenvalue weighted by atomic mass is 10.1. The van der Waals surface area contributed by atoms with Crippen molar-refractivity contribution in [1.82, 2.24) is 0 Å². The summed E-state index contributed by atoms with van der Waals surface area (Å²) in [6, 6.07) is 11.8. The number of hydrogen-bond acceptors (Lipinski definition) is 4. The lowest BCUT2D eigenvalue weighted by Gasteiger charge is -2.03. The summed E-state index contributed by atoms with van der Waals surface area (Å²) in [5.41, 5.74) is 0.456. The Morgan fingerprint density at radius 2 is 1.62 bits per heavy atom. The van der Waals surface area contributed by atoms with E-state index in [1.807, 2.05) is 0 Å². The summed E-state index contributed by atoms with van der Waals surface area (Å²) in [6.07, 6.45) is 1.12. The fourth-order valence-corrected chi connectivity index (χ4v) is 3.07. The van der Waals surface area contributed by atoms with Gasteiger partial charge in [0, 0.05) is 16.7 Å². The smallest absolute Gasteiger partial charge is 0.175 e.